The van der Waals surface area contributed by atoms with Crippen LogP contribution in [0.2, 0.25) is 0 Å². The third-order valence-corrected chi connectivity index (χ3v) is 7.63. The molecule has 2 aliphatic rings. The first kappa shape index (κ1) is 21.2. The number of sulfone groups is 1. The number of aromatic hydroxyl groups is 1. The van der Waals surface area contributed by atoms with E-state index in [9.17, 15) is 13.5 Å². The lowest BCUT2D eigenvalue weighted by molar-refractivity contribution is 0.251. The molecule has 4 rings (SSSR count). The average molecular weight is 435 g/mol. The predicted molar refractivity (Wildman–Crippen MR) is 124 cm³/mol. The van der Waals surface area contributed by atoms with E-state index in [4.69, 9.17) is 4.74 Å². The molecule has 160 valence electrons. The molecule has 0 saturated carbocycles. The number of allylic oxidation sites excluding steroid dienone is 4. The van der Waals surface area contributed by atoms with Crippen LogP contribution in [0.25, 0.3) is 11.1 Å². The predicted octanol–water partition coefficient (Wildman–Crippen LogP) is 5.79. The summed E-state index contributed by atoms with van der Waals surface area (Å²) in [6.45, 7) is 4.12. The van der Waals surface area contributed by atoms with Crippen LogP contribution < -0.4 is 4.74 Å². The molecule has 1 N–H and O–H groups in total. The summed E-state index contributed by atoms with van der Waals surface area (Å²) < 4.78 is 31.9. The first-order valence-corrected chi connectivity index (χ1v) is 11.9. The summed E-state index contributed by atoms with van der Waals surface area (Å²) in [7, 11) is -3.50. The van der Waals surface area contributed by atoms with Gasteiger partial charge in [-0.15, -0.1) is 0 Å². The zero-order chi connectivity index (χ0) is 22.0. The summed E-state index contributed by atoms with van der Waals surface area (Å²) in [5, 5.41) is 9.42. The lowest BCUT2D eigenvalue weighted by Crippen LogP contribution is -2.18. The number of benzene rings is 2. The van der Waals surface area contributed by atoms with E-state index in [1.807, 2.05) is 55.5 Å². The summed E-state index contributed by atoms with van der Waals surface area (Å²) in [4.78, 5) is 0.700. The molecule has 0 bridgehead atoms. The van der Waals surface area contributed by atoms with Crippen molar-refractivity contribution in [2.75, 3.05) is 0 Å². The highest BCUT2D eigenvalue weighted by atomic mass is 32.2. The summed E-state index contributed by atoms with van der Waals surface area (Å²) in [6, 6.07) is 14.8. The Morgan fingerprint density at radius 2 is 1.45 bits per heavy atom. The van der Waals surface area contributed by atoms with Gasteiger partial charge in [0.1, 0.15) is 17.6 Å². The Morgan fingerprint density at radius 1 is 0.839 bits per heavy atom. The van der Waals surface area contributed by atoms with E-state index in [0.29, 0.717) is 22.1 Å². The average Bonchev–Trinajstić information content (AvgIpc) is 2.77. The van der Waals surface area contributed by atoms with Gasteiger partial charge in [-0.05, 0) is 65.5 Å². The number of ether oxygens (including phenoxy) is 1. The molecule has 0 fully saturated rings. The maximum absolute atomic E-state index is 13.0. The fourth-order valence-corrected chi connectivity index (χ4v) is 5.12. The Kier molecular flexibility index (Phi) is 5.88. The van der Waals surface area contributed by atoms with E-state index < -0.39 is 9.84 Å². The van der Waals surface area contributed by atoms with Crippen LogP contribution in [0.1, 0.15) is 20.3 Å². The lowest BCUT2D eigenvalue weighted by Gasteiger charge is -2.21. The molecule has 5 heteroatoms. The fourth-order valence-electron chi connectivity index (χ4n) is 3.63. The quantitative estimate of drug-likeness (QED) is 0.647. The van der Waals surface area contributed by atoms with Gasteiger partial charge in [0.2, 0.25) is 9.84 Å². The van der Waals surface area contributed by atoms with Gasteiger partial charge in [-0.25, -0.2) is 8.42 Å². The molecule has 2 aromatic rings. The van der Waals surface area contributed by atoms with Crippen LogP contribution in [-0.2, 0) is 9.84 Å². The van der Waals surface area contributed by atoms with Crippen molar-refractivity contribution < 1.29 is 18.3 Å². The van der Waals surface area contributed by atoms with E-state index in [2.05, 4.69) is 6.92 Å². The van der Waals surface area contributed by atoms with Crippen molar-refractivity contribution in [2.24, 2.45) is 11.8 Å². The topological polar surface area (TPSA) is 63.6 Å². The molecule has 2 aliphatic carbocycles. The second-order valence-corrected chi connectivity index (χ2v) is 10.0. The third kappa shape index (κ3) is 4.67. The number of hydrogen-bond acceptors (Lipinski definition) is 4. The van der Waals surface area contributed by atoms with Crippen LogP contribution >= 0.6 is 0 Å². The maximum atomic E-state index is 13.0. The van der Waals surface area contributed by atoms with Crippen LogP contribution in [0.15, 0.2) is 94.8 Å². The van der Waals surface area contributed by atoms with Crippen LogP contribution in [0.4, 0.5) is 0 Å². The Morgan fingerprint density at radius 3 is 2.03 bits per heavy atom. The molecular weight excluding hydrogens is 408 g/mol. The Labute approximate surface area is 183 Å². The van der Waals surface area contributed by atoms with Gasteiger partial charge in [-0.3, -0.25) is 0 Å². The molecular formula is C26H26O4S. The summed E-state index contributed by atoms with van der Waals surface area (Å²) in [5.41, 5.74) is 2.03. The minimum Gasteiger partial charge on any atom is -0.508 e. The molecule has 0 spiro atoms. The second kappa shape index (κ2) is 8.60. The molecule has 3 unspecified atom stereocenters. The van der Waals surface area contributed by atoms with Gasteiger partial charge >= 0.3 is 0 Å². The van der Waals surface area contributed by atoms with Gasteiger partial charge < -0.3 is 9.84 Å². The van der Waals surface area contributed by atoms with Crippen molar-refractivity contribution in [1.29, 1.82) is 0 Å². The van der Waals surface area contributed by atoms with E-state index >= 15 is 0 Å². The first-order chi connectivity index (χ1) is 14.8. The molecule has 31 heavy (non-hydrogen) atoms. The maximum Gasteiger partial charge on any atom is 0.205 e. The van der Waals surface area contributed by atoms with Gasteiger partial charge in [-0.1, -0.05) is 56.3 Å². The van der Waals surface area contributed by atoms with E-state index in [1.54, 1.807) is 36.4 Å². The molecule has 0 heterocycles. The van der Waals surface area contributed by atoms with Crippen molar-refractivity contribution >= 4 is 9.84 Å². The highest BCUT2D eigenvalue weighted by molar-refractivity contribution is 7.99. The highest BCUT2D eigenvalue weighted by Crippen LogP contribution is 2.31. The Hall–Kier alpha value is -3.05. The third-order valence-electron chi connectivity index (χ3n) is 5.81. The van der Waals surface area contributed by atoms with E-state index in [0.717, 1.165) is 16.9 Å². The molecule has 0 aromatic heterocycles. The van der Waals surface area contributed by atoms with E-state index in [-0.39, 0.29) is 17.8 Å². The van der Waals surface area contributed by atoms with Crippen LogP contribution in [0.3, 0.4) is 0 Å². The monoisotopic (exact) mass is 434 g/mol. The van der Waals surface area contributed by atoms with Crippen molar-refractivity contribution in [3.8, 4) is 22.6 Å². The Balaban J connectivity index is 1.41. The fraction of sp³-hybridized carbons (Fsp3) is 0.231. The standard InChI is InChI=1S/C26H26O4S/c1-18-3-14-26(17-19(18)2)31(28,29)25-15-12-24(13-16-25)30-23-10-6-21(7-11-23)20-4-8-22(27)9-5-20/h3-12,14-19,24,27H,13H2,1-2H3. The number of phenolic OH excluding ortho intramolecular Hbond substituents is 1. The van der Waals surface area contributed by atoms with Gasteiger partial charge in [0, 0.05) is 6.42 Å². The zero-order valence-electron chi connectivity index (χ0n) is 17.6. The van der Waals surface area contributed by atoms with Crippen LogP contribution in [0, 0.1) is 11.8 Å². The van der Waals surface area contributed by atoms with Gasteiger partial charge in [0.25, 0.3) is 0 Å². The number of rotatable bonds is 5. The largest absolute Gasteiger partial charge is 0.508 e. The highest BCUT2D eigenvalue weighted by Gasteiger charge is 2.26. The first-order valence-electron chi connectivity index (χ1n) is 10.4. The molecule has 2 aromatic carbocycles. The lowest BCUT2D eigenvalue weighted by atomic mass is 9.92. The number of phenols is 1. The van der Waals surface area contributed by atoms with Crippen molar-refractivity contribution in [1.82, 2.24) is 0 Å². The number of hydrogen-bond donors (Lipinski definition) is 1. The summed E-state index contributed by atoms with van der Waals surface area (Å²) >= 11 is 0. The van der Waals surface area contributed by atoms with Gasteiger partial charge in [0.05, 0.1) is 9.81 Å². The summed E-state index contributed by atoms with van der Waals surface area (Å²) in [6.07, 6.45) is 11.0. The van der Waals surface area contributed by atoms with Gasteiger partial charge in [-0.2, -0.15) is 0 Å². The van der Waals surface area contributed by atoms with Crippen molar-refractivity contribution in [3.63, 3.8) is 0 Å². The van der Waals surface area contributed by atoms with Crippen LogP contribution in [0.5, 0.6) is 11.5 Å². The molecule has 0 amide bonds. The molecule has 4 nitrogen and oxygen atoms in total. The Bertz CT molecular complexity index is 1170. The summed E-state index contributed by atoms with van der Waals surface area (Å²) in [5.74, 6) is 1.50. The minimum absolute atomic E-state index is 0.198. The van der Waals surface area contributed by atoms with E-state index in [1.165, 1.54) is 0 Å². The molecule has 0 aliphatic heterocycles. The van der Waals surface area contributed by atoms with Crippen molar-refractivity contribution in [3.05, 3.63) is 94.8 Å². The molecule has 0 radical (unpaired) electrons. The molecule has 3 atom stereocenters. The second-order valence-electron chi connectivity index (χ2n) is 8.08. The SMILES string of the molecule is CC1C=CC(S(=O)(=O)C2=CCC(Oc3ccc(-c4ccc(O)cc4)cc3)C=C2)=CC1C. The van der Waals surface area contributed by atoms with Crippen LogP contribution in [-0.4, -0.2) is 19.6 Å². The van der Waals surface area contributed by atoms with Crippen molar-refractivity contribution in [2.45, 2.75) is 26.4 Å². The normalized spacial score (nSPS) is 23.2. The molecule has 0 saturated heterocycles. The minimum atomic E-state index is -3.50. The smallest absolute Gasteiger partial charge is 0.205 e. The van der Waals surface area contributed by atoms with Gasteiger partial charge in [0.15, 0.2) is 0 Å². The zero-order valence-corrected chi connectivity index (χ0v) is 18.4.